The van der Waals surface area contributed by atoms with Gasteiger partial charge in [-0.2, -0.15) is 0 Å². The van der Waals surface area contributed by atoms with Gasteiger partial charge >= 0.3 is 0 Å². The zero-order valence-corrected chi connectivity index (χ0v) is 11.5. The van der Waals surface area contributed by atoms with E-state index in [0.29, 0.717) is 0 Å². The number of halogens is 1. The Balaban J connectivity index is 2.23. The molecule has 0 heterocycles. The van der Waals surface area contributed by atoms with Gasteiger partial charge in [-0.05, 0) is 50.7 Å². The van der Waals surface area contributed by atoms with Crippen molar-refractivity contribution in [1.29, 1.82) is 0 Å². The van der Waals surface area contributed by atoms with Gasteiger partial charge in [0.15, 0.2) is 0 Å². The number of nitrogens with two attached hydrogens (primary N) is 1. The fourth-order valence-electron chi connectivity index (χ4n) is 1.68. The Morgan fingerprint density at radius 2 is 1.81 bits per heavy atom. The van der Waals surface area contributed by atoms with Crippen molar-refractivity contribution in [3.63, 3.8) is 0 Å². The van der Waals surface area contributed by atoms with Crippen molar-refractivity contribution in [1.82, 2.24) is 4.90 Å². The van der Waals surface area contributed by atoms with Crippen molar-refractivity contribution in [3.05, 3.63) is 34.3 Å². The normalized spacial score (nSPS) is 11.0. The SMILES string of the molecule is CN(CCCCCN)Cc1ccc(Br)cc1. The molecule has 0 saturated carbocycles. The van der Waals surface area contributed by atoms with E-state index < -0.39 is 0 Å². The second kappa shape index (κ2) is 7.82. The van der Waals surface area contributed by atoms with E-state index >= 15 is 0 Å². The summed E-state index contributed by atoms with van der Waals surface area (Å²) < 4.78 is 1.14. The fourth-order valence-corrected chi connectivity index (χ4v) is 1.95. The van der Waals surface area contributed by atoms with Crippen LogP contribution < -0.4 is 5.73 Å². The molecule has 0 aromatic heterocycles. The van der Waals surface area contributed by atoms with Crippen molar-refractivity contribution in [2.24, 2.45) is 5.73 Å². The van der Waals surface area contributed by atoms with Crippen LogP contribution in [0.15, 0.2) is 28.7 Å². The Kier molecular flexibility index (Phi) is 6.69. The standard InChI is InChI=1S/C13H21BrN2/c1-16(10-4-2-3-9-15)11-12-5-7-13(14)8-6-12/h5-8H,2-4,9-11,15H2,1H3. The zero-order valence-electron chi connectivity index (χ0n) is 9.95. The number of unbranched alkanes of at least 4 members (excludes halogenated alkanes) is 2. The van der Waals surface area contributed by atoms with Gasteiger partial charge in [0.25, 0.3) is 0 Å². The Hall–Kier alpha value is -0.380. The van der Waals surface area contributed by atoms with Gasteiger partial charge in [0.05, 0.1) is 0 Å². The number of benzene rings is 1. The number of hydrogen-bond donors (Lipinski definition) is 1. The lowest BCUT2D eigenvalue weighted by molar-refractivity contribution is 0.317. The summed E-state index contributed by atoms with van der Waals surface area (Å²) in [7, 11) is 2.17. The van der Waals surface area contributed by atoms with Crippen LogP contribution in [0.1, 0.15) is 24.8 Å². The van der Waals surface area contributed by atoms with Crippen molar-refractivity contribution < 1.29 is 0 Å². The predicted octanol–water partition coefficient (Wildman–Crippen LogP) is 3.01. The maximum Gasteiger partial charge on any atom is 0.0230 e. The molecule has 0 spiro atoms. The van der Waals surface area contributed by atoms with Crippen LogP contribution in [0, 0.1) is 0 Å². The maximum absolute atomic E-state index is 5.47. The van der Waals surface area contributed by atoms with Gasteiger partial charge in [-0.1, -0.05) is 34.5 Å². The van der Waals surface area contributed by atoms with Crippen LogP contribution >= 0.6 is 15.9 Å². The van der Waals surface area contributed by atoms with Gasteiger partial charge < -0.3 is 10.6 Å². The van der Waals surface area contributed by atoms with E-state index in [1.165, 1.54) is 18.4 Å². The van der Waals surface area contributed by atoms with E-state index in [1.54, 1.807) is 0 Å². The first-order valence-corrected chi connectivity index (χ1v) is 6.64. The van der Waals surface area contributed by atoms with Gasteiger partial charge in [-0.15, -0.1) is 0 Å². The van der Waals surface area contributed by atoms with E-state index in [0.717, 1.165) is 30.5 Å². The van der Waals surface area contributed by atoms with Gasteiger partial charge in [0, 0.05) is 11.0 Å². The lowest BCUT2D eigenvalue weighted by Crippen LogP contribution is -2.19. The number of nitrogens with zero attached hydrogens (tertiary/aromatic N) is 1. The highest BCUT2D eigenvalue weighted by molar-refractivity contribution is 9.10. The third-order valence-corrected chi connectivity index (χ3v) is 3.14. The van der Waals surface area contributed by atoms with Crippen molar-refractivity contribution in [2.45, 2.75) is 25.8 Å². The molecule has 0 aliphatic rings. The molecule has 3 heteroatoms. The van der Waals surface area contributed by atoms with E-state index in [4.69, 9.17) is 5.73 Å². The van der Waals surface area contributed by atoms with Gasteiger partial charge in [-0.25, -0.2) is 0 Å². The Labute approximate surface area is 107 Å². The van der Waals surface area contributed by atoms with Crippen LogP contribution in [0.25, 0.3) is 0 Å². The van der Waals surface area contributed by atoms with Crippen LogP contribution in [0.3, 0.4) is 0 Å². The van der Waals surface area contributed by atoms with E-state index in [1.807, 2.05) is 0 Å². The highest BCUT2D eigenvalue weighted by atomic mass is 79.9. The molecule has 1 aromatic rings. The summed E-state index contributed by atoms with van der Waals surface area (Å²) in [6.45, 7) is 2.99. The topological polar surface area (TPSA) is 29.3 Å². The molecule has 90 valence electrons. The molecule has 0 bridgehead atoms. The van der Waals surface area contributed by atoms with Crippen molar-refractivity contribution in [2.75, 3.05) is 20.1 Å². The highest BCUT2D eigenvalue weighted by Crippen LogP contribution is 2.12. The second-order valence-electron chi connectivity index (χ2n) is 4.21. The molecule has 1 aromatic carbocycles. The molecular formula is C13H21BrN2. The summed E-state index contributed by atoms with van der Waals surface area (Å²) in [5.41, 5.74) is 6.83. The molecule has 0 amide bonds. The highest BCUT2D eigenvalue weighted by Gasteiger charge is 1.99. The van der Waals surface area contributed by atoms with Gasteiger partial charge in [-0.3, -0.25) is 0 Å². The first kappa shape index (κ1) is 13.7. The largest absolute Gasteiger partial charge is 0.330 e. The number of hydrogen-bond acceptors (Lipinski definition) is 2. The lowest BCUT2D eigenvalue weighted by atomic mass is 10.2. The summed E-state index contributed by atoms with van der Waals surface area (Å²) in [6.07, 6.45) is 3.62. The molecule has 0 radical (unpaired) electrons. The van der Waals surface area contributed by atoms with Gasteiger partial charge in [0.1, 0.15) is 0 Å². The van der Waals surface area contributed by atoms with Gasteiger partial charge in [0.2, 0.25) is 0 Å². The minimum Gasteiger partial charge on any atom is -0.330 e. The summed E-state index contributed by atoms with van der Waals surface area (Å²) in [6, 6.07) is 8.52. The lowest BCUT2D eigenvalue weighted by Gasteiger charge is -2.16. The molecule has 2 N–H and O–H groups in total. The third-order valence-electron chi connectivity index (χ3n) is 2.61. The van der Waals surface area contributed by atoms with E-state index in [-0.39, 0.29) is 0 Å². The van der Waals surface area contributed by atoms with E-state index in [2.05, 4.69) is 52.1 Å². The van der Waals surface area contributed by atoms with Crippen LogP contribution in [0.4, 0.5) is 0 Å². The Morgan fingerprint density at radius 3 is 2.44 bits per heavy atom. The molecule has 2 nitrogen and oxygen atoms in total. The second-order valence-corrected chi connectivity index (χ2v) is 5.13. The minimum atomic E-state index is 0.816. The molecule has 0 fully saturated rings. The zero-order chi connectivity index (χ0) is 11.8. The molecule has 1 rings (SSSR count). The summed E-state index contributed by atoms with van der Waals surface area (Å²) in [4.78, 5) is 2.36. The minimum absolute atomic E-state index is 0.816. The molecule has 16 heavy (non-hydrogen) atoms. The fraction of sp³-hybridized carbons (Fsp3) is 0.538. The first-order chi connectivity index (χ1) is 7.72. The summed E-state index contributed by atoms with van der Waals surface area (Å²) >= 11 is 3.45. The van der Waals surface area contributed by atoms with Crippen LogP contribution in [0.2, 0.25) is 0 Å². The van der Waals surface area contributed by atoms with Crippen LogP contribution in [0.5, 0.6) is 0 Å². The molecule has 0 unspecified atom stereocenters. The average Bonchev–Trinajstić information content (AvgIpc) is 2.28. The molecule has 0 aliphatic carbocycles. The molecule has 0 saturated heterocycles. The quantitative estimate of drug-likeness (QED) is 0.780. The Morgan fingerprint density at radius 1 is 1.12 bits per heavy atom. The summed E-state index contributed by atoms with van der Waals surface area (Å²) in [5, 5.41) is 0. The summed E-state index contributed by atoms with van der Waals surface area (Å²) in [5.74, 6) is 0. The number of rotatable bonds is 7. The third kappa shape index (κ3) is 5.64. The predicted molar refractivity (Wildman–Crippen MR) is 73.4 cm³/mol. The van der Waals surface area contributed by atoms with E-state index in [9.17, 15) is 0 Å². The molecule has 0 aliphatic heterocycles. The van der Waals surface area contributed by atoms with Crippen LogP contribution in [-0.4, -0.2) is 25.0 Å². The average molecular weight is 285 g/mol. The van der Waals surface area contributed by atoms with Crippen molar-refractivity contribution >= 4 is 15.9 Å². The Bertz CT molecular complexity index is 284. The molecular weight excluding hydrogens is 264 g/mol. The van der Waals surface area contributed by atoms with Crippen molar-refractivity contribution in [3.8, 4) is 0 Å². The smallest absolute Gasteiger partial charge is 0.0230 e. The first-order valence-electron chi connectivity index (χ1n) is 5.85. The van der Waals surface area contributed by atoms with Crippen LogP contribution in [-0.2, 0) is 6.54 Å². The molecule has 0 atom stereocenters. The monoisotopic (exact) mass is 284 g/mol. The maximum atomic E-state index is 5.47.